The summed E-state index contributed by atoms with van der Waals surface area (Å²) in [5.74, 6) is 0.866. The van der Waals surface area contributed by atoms with E-state index in [2.05, 4.69) is 123 Å². The molecule has 6 aromatic carbocycles. The number of aromatic hydroxyl groups is 1. The summed E-state index contributed by atoms with van der Waals surface area (Å²) in [4.78, 5) is 45.3. The number of carbonyl (C=O) groups excluding carboxylic acids is 3. The van der Waals surface area contributed by atoms with E-state index in [4.69, 9.17) is 0 Å². The lowest BCUT2D eigenvalue weighted by atomic mass is 9.64. The highest BCUT2D eigenvalue weighted by Gasteiger charge is 2.43. The van der Waals surface area contributed by atoms with Crippen molar-refractivity contribution in [2.24, 2.45) is 10.2 Å². The largest absolute Gasteiger partial charge is 0.506 e. The van der Waals surface area contributed by atoms with Gasteiger partial charge in [0.1, 0.15) is 24.5 Å². The van der Waals surface area contributed by atoms with Gasteiger partial charge in [0.25, 0.3) is 11.8 Å². The number of amides is 3. The Morgan fingerprint density at radius 2 is 1.56 bits per heavy atom. The van der Waals surface area contributed by atoms with Crippen LogP contribution in [0.4, 0.5) is 17.1 Å². The van der Waals surface area contributed by atoms with Crippen LogP contribution in [0.2, 0.25) is 0 Å². The third-order valence-electron chi connectivity index (χ3n) is 17.3. The van der Waals surface area contributed by atoms with Crippen molar-refractivity contribution >= 4 is 40.4 Å². The van der Waals surface area contributed by atoms with Crippen LogP contribution >= 0.6 is 0 Å². The molecule has 7 aromatic rings. The van der Waals surface area contributed by atoms with E-state index >= 15 is 0 Å². The smallest absolute Gasteiger partial charge is 0.254 e. The molecule has 3 aliphatic heterocycles. The summed E-state index contributed by atoms with van der Waals surface area (Å²) in [7, 11) is 1.85. The number of hydrogen-bond acceptors (Lipinski definition) is 11. The van der Waals surface area contributed by atoms with E-state index in [1.54, 1.807) is 48.2 Å². The second kappa shape index (κ2) is 22.8. The molecule has 82 heavy (non-hydrogen) atoms. The molecule has 3 amide bonds. The van der Waals surface area contributed by atoms with Crippen LogP contribution in [0.15, 0.2) is 119 Å². The molecule has 3 N–H and O–H groups in total. The maximum absolute atomic E-state index is 14.9. The first-order valence-electron chi connectivity index (χ1n) is 29.1. The molecule has 11 rings (SSSR count). The SMILES string of the molecule is CCN1c2cc3c(cc2C(C)CC1(C)C)C(c1ccccc1C(=O)N(C)CCCC(=O)NCCc1ccc(N=Nc2ccc(C(=O)NCc4ccc(-c5nnc(C)nn5)cc4)cc2)c(O)c1)=c1cc2c4c(c1C3(C)C)CCC[N+]=4CCC2. The van der Waals surface area contributed by atoms with E-state index in [0.29, 0.717) is 72.5 Å². The van der Waals surface area contributed by atoms with Gasteiger partial charge in [0, 0.05) is 96.9 Å². The Bertz CT molecular complexity index is 3790. The minimum Gasteiger partial charge on any atom is -0.506 e. The topological polar surface area (TPSA) is 181 Å². The number of carbonyl (C=O) groups is 3. The van der Waals surface area contributed by atoms with Gasteiger partial charge in [-0.05, 0) is 176 Å². The molecule has 0 radical (unpaired) electrons. The molecule has 0 saturated carbocycles. The van der Waals surface area contributed by atoms with Crippen molar-refractivity contribution in [1.82, 2.24) is 40.5 Å². The summed E-state index contributed by atoms with van der Waals surface area (Å²) in [6.45, 7) is 20.3. The molecule has 1 aromatic heterocycles. The van der Waals surface area contributed by atoms with Gasteiger partial charge in [-0.15, -0.1) is 25.5 Å². The Labute approximate surface area is 480 Å². The summed E-state index contributed by atoms with van der Waals surface area (Å²) >= 11 is 0. The number of benzene rings is 6. The first-order valence-corrected chi connectivity index (χ1v) is 29.1. The van der Waals surface area contributed by atoms with Crippen molar-refractivity contribution in [2.45, 2.75) is 123 Å². The van der Waals surface area contributed by atoms with Crippen LogP contribution in [0.5, 0.6) is 5.75 Å². The quantitative estimate of drug-likeness (QED) is 0.0627. The van der Waals surface area contributed by atoms with E-state index in [0.717, 1.165) is 79.6 Å². The van der Waals surface area contributed by atoms with E-state index in [1.165, 1.54) is 49.6 Å². The minimum absolute atomic E-state index is 0.0280. The third-order valence-corrected chi connectivity index (χ3v) is 17.3. The predicted octanol–water partition coefficient (Wildman–Crippen LogP) is 9.89. The van der Waals surface area contributed by atoms with Gasteiger partial charge in [0.05, 0.1) is 5.69 Å². The lowest BCUT2D eigenvalue weighted by Gasteiger charge is -2.48. The zero-order valence-electron chi connectivity index (χ0n) is 48.6. The number of phenols is 1. The fraction of sp³-hybridized carbons (Fsp3) is 0.373. The summed E-state index contributed by atoms with van der Waals surface area (Å²) in [6.07, 6.45) is 6.73. The lowest BCUT2D eigenvalue weighted by Crippen LogP contribution is -2.50. The Morgan fingerprint density at radius 3 is 2.30 bits per heavy atom. The van der Waals surface area contributed by atoms with E-state index in [9.17, 15) is 19.5 Å². The number of rotatable bonds is 16. The summed E-state index contributed by atoms with van der Waals surface area (Å²) in [6, 6.07) is 35.1. The molecule has 0 saturated heterocycles. The first-order chi connectivity index (χ1) is 39.5. The minimum atomic E-state index is -0.275. The molecule has 0 fully saturated rings. The number of nitrogens with zero attached hydrogens (tertiary/aromatic N) is 9. The van der Waals surface area contributed by atoms with E-state index in [-0.39, 0.29) is 40.8 Å². The Kier molecular flexibility index (Phi) is 15.4. The van der Waals surface area contributed by atoms with Crippen molar-refractivity contribution in [3.8, 4) is 17.1 Å². The molecule has 15 nitrogen and oxygen atoms in total. The van der Waals surface area contributed by atoms with Crippen molar-refractivity contribution in [1.29, 1.82) is 0 Å². The number of azo groups is 1. The normalized spacial score (nSPS) is 16.4. The number of anilines is 1. The summed E-state index contributed by atoms with van der Waals surface area (Å²) < 4.78 is 2.64. The summed E-state index contributed by atoms with van der Waals surface area (Å²) in [5, 5.41) is 44.1. The highest BCUT2D eigenvalue weighted by molar-refractivity contribution is 6.02. The number of hydrogen-bond donors (Lipinski definition) is 3. The average molecular weight is 1100 g/mol. The fourth-order valence-electron chi connectivity index (χ4n) is 13.3. The van der Waals surface area contributed by atoms with E-state index < -0.39 is 0 Å². The number of aromatic nitrogens is 4. The molecule has 420 valence electrons. The van der Waals surface area contributed by atoms with Gasteiger partial charge >= 0.3 is 0 Å². The molecule has 1 unspecified atom stereocenters. The van der Waals surface area contributed by atoms with Gasteiger partial charge in [-0.1, -0.05) is 69.3 Å². The second-order valence-corrected chi connectivity index (χ2v) is 23.8. The number of nitrogens with one attached hydrogen (secondary N) is 2. The zero-order chi connectivity index (χ0) is 57.5. The maximum atomic E-state index is 14.9. The van der Waals surface area contributed by atoms with Gasteiger partial charge in [-0.3, -0.25) is 14.4 Å². The average Bonchev–Trinajstić information content (AvgIpc) is 1.17. The molecule has 4 heterocycles. The van der Waals surface area contributed by atoms with Crippen molar-refractivity contribution in [2.75, 3.05) is 44.7 Å². The van der Waals surface area contributed by atoms with Crippen LogP contribution in [-0.4, -0.2) is 93.4 Å². The molecule has 1 atom stereocenters. The van der Waals surface area contributed by atoms with Crippen molar-refractivity contribution < 1.29 is 19.5 Å². The van der Waals surface area contributed by atoms with Crippen LogP contribution in [-0.2, 0) is 36.0 Å². The third kappa shape index (κ3) is 10.9. The Balaban J connectivity index is 0.717. The standard InChI is InChI=1S/C67H73N11O4/c1-9-78-57-38-55-53(37-52(57)41(2)39-66(78,4)5)60(54-36-47-15-12-33-77-34-13-18-51(62(47)77)61(54)67(55,6)7)49-16-10-11-17-50(49)65(82)76(8)32-14-19-59(80)68-31-30-43-22-29-56(58(79)35-43)73-72-48-27-25-46(26-28-48)64(81)69-40-44-20-23-45(24-21-44)63-74-70-42(3)71-75-63/h10-11,16-17,20-29,35-38,41H,9,12-15,18-19,30-34,39-40H2,1-8H3,(H2-,68,69,72,79,80,81)/p+1. The maximum Gasteiger partial charge on any atom is 0.254 e. The van der Waals surface area contributed by atoms with Gasteiger partial charge in [0.2, 0.25) is 17.1 Å². The Morgan fingerprint density at radius 1 is 0.829 bits per heavy atom. The van der Waals surface area contributed by atoms with Crippen LogP contribution in [0.1, 0.15) is 156 Å². The van der Waals surface area contributed by atoms with Crippen molar-refractivity contribution in [3.05, 3.63) is 187 Å². The van der Waals surface area contributed by atoms with Gasteiger partial charge < -0.3 is 25.5 Å². The van der Waals surface area contributed by atoms with Crippen LogP contribution < -0.4 is 30.7 Å². The lowest BCUT2D eigenvalue weighted by molar-refractivity contribution is -0.121. The number of aryl methyl sites for hydroxylation is 2. The molecule has 4 aliphatic rings. The van der Waals surface area contributed by atoms with Crippen LogP contribution in [0, 0.1) is 6.92 Å². The van der Waals surface area contributed by atoms with Crippen molar-refractivity contribution in [3.63, 3.8) is 0 Å². The predicted molar refractivity (Wildman–Crippen MR) is 321 cm³/mol. The monoisotopic (exact) mass is 1100 g/mol. The Hall–Kier alpha value is -8.46. The molecular formula is C67H74N11O4+. The van der Waals surface area contributed by atoms with Gasteiger partial charge in [-0.25, -0.2) is 4.58 Å². The molecule has 1 aliphatic carbocycles. The zero-order valence-corrected chi connectivity index (χ0v) is 48.6. The van der Waals surface area contributed by atoms with Crippen LogP contribution in [0.3, 0.4) is 0 Å². The second-order valence-electron chi connectivity index (χ2n) is 23.8. The molecule has 0 bridgehead atoms. The number of fused-ring (bicyclic) bond motifs is 4. The van der Waals surface area contributed by atoms with E-state index in [1.807, 2.05) is 49.5 Å². The number of phenolic OH excluding ortho intramolecular Hbond substituents is 1. The molecule has 15 heteroatoms. The molecular weight excluding hydrogens is 1020 g/mol. The fourth-order valence-corrected chi connectivity index (χ4v) is 13.3. The van der Waals surface area contributed by atoms with Gasteiger partial charge in [-0.2, -0.15) is 5.11 Å². The highest BCUT2D eigenvalue weighted by atomic mass is 16.3. The van der Waals surface area contributed by atoms with Gasteiger partial charge in [0.15, 0.2) is 5.82 Å². The summed E-state index contributed by atoms with van der Waals surface area (Å²) in [5.41, 5.74) is 15.9. The van der Waals surface area contributed by atoms with Crippen LogP contribution in [0.25, 0.3) is 17.0 Å². The highest BCUT2D eigenvalue weighted by Crippen LogP contribution is 2.50. The molecule has 0 spiro atoms. The first kappa shape index (κ1) is 55.4.